The van der Waals surface area contributed by atoms with E-state index in [9.17, 15) is 9.59 Å². The van der Waals surface area contributed by atoms with Gasteiger partial charge in [0.25, 0.3) is 0 Å². The number of esters is 2. The Labute approximate surface area is 232 Å². The molecule has 0 radical (unpaired) electrons. The van der Waals surface area contributed by atoms with Crippen LogP contribution in [0.4, 0.5) is 0 Å². The van der Waals surface area contributed by atoms with Crippen molar-refractivity contribution in [2.24, 2.45) is 56.7 Å². The van der Waals surface area contributed by atoms with Gasteiger partial charge < -0.3 is 9.47 Å². The van der Waals surface area contributed by atoms with Gasteiger partial charge in [-0.15, -0.1) is 0 Å². The standard InChI is InChI=1S/C34H54O4/c1-21(2)24-12-17-34(20-37-22(3)35)19-18-32(8)25(29(24)34)10-11-27-31(7)15-14-28(38-23(4)36)30(5,6)26(31)13-16-33(27,32)9/h24-29H,1,10-20H2,2-9H3/t24-,25?,26?,27?,28-,29-,31-,32+,33+,34+/m0/s1. The average molecular weight is 527 g/mol. The van der Waals surface area contributed by atoms with Crippen LogP contribution in [0.5, 0.6) is 0 Å². The molecule has 5 aliphatic rings. The SMILES string of the molecule is C=C(C)[C@@H]1CC[C@]2(COC(C)=O)CC[C@]3(C)C(CCC4[C@@]5(C)CC[C@H](OC(C)=O)C(C)(C)C5CC[C@]43C)[C@H]12. The van der Waals surface area contributed by atoms with E-state index in [-0.39, 0.29) is 39.7 Å². The van der Waals surface area contributed by atoms with E-state index < -0.39 is 0 Å². The minimum Gasteiger partial charge on any atom is -0.465 e. The van der Waals surface area contributed by atoms with Crippen molar-refractivity contribution >= 4 is 11.9 Å². The van der Waals surface area contributed by atoms with Crippen LogP contribution in [0.3, 0.4) is 0 Å². The van der Waals surface area contributed by atoms with Crippen LogP contribution < -0.4 is 0 Å². The summed E-state index contributed by atoms with van der Waals surface area (Å²) in [6.45, 7) is 23.1. The average Bonchev–Trinajstić information content (AvgIpc) is 3.20. The van der Waals surface area contributed by atoms with Crippen LogP contribution >= 0.6 is 0 Å². The number of carbonyl (C=O) groups excluding carboxylic acids is 2. The number of rotatable bonds is 4. The molecule has 4 heteroatoms. The lowest BCUT2D eigenvalue weighted by atomic mass is 9.32. The van der Waals surface area contributed by atoms with Crippen LogP contribution in [-0.2, 0) is 19.1 Å². The first kappa shape index (κ1) is 28.2. The van der Waals surface area contributed by atoms with Gasteiger partial charge in [-0.3, -0.25) is 9.59 Å². The fourth-order valence-corrected chi connectivity index (χ4v) is 12.2. The Hall–Kier alpha value is -1.32. The zero-order valence-electron chi connectivity index (χ0n) is 25.6. The number of fused-ring (bicyclic) bond motifs is 7. The normalized spacial score (nSPS) is 49.1. The third-order valence-electron chi connectivity index (χ3n) is 14.0. The Morgan fingerprint density at radius 3 is 2.11 bits per heavy atom. The largest absolute Gasteiger partial charge is 0.465 e. The molecule has 0 spiro atoms. The Morgan fingerprint density at radius 1 is 0.763 bits per heavy atom. The van der Waals surface area contributed by atoms with E-state index in [1.54, 1.807) is 13.8 Å². The van der Waals surface area contributed by atoms with Crippen LogP contribution in [0.1, 0.15) is 120 Å². The topological polar surface area (TPSA) is 52.6 Å². The van der Waals surface area contributed by atoms with E-state index in [2.05, 4.69) is 48.1 Å². The van der Waals surface area contributed by atoms with Gasteiger partial charge in [0.15, 0.2) is 0 Å². The van der Waals surface area contributed by atoms with Crippen molar-refractivity contribution < 1.29 is 19.1 Å². The first-order chi connectivity index (χ1) is 17.6. The van der Waals surface area contributed by atoms with Crippen molar-refractivity contribution in [2.75, 3.05) is 6.61 Å². The molecule has 0 aromatic rings. The second-order valence-electron chi connectivity index (χ2n) is 15.8. The molecule has 0 aromatic heterocycles. The van der Waals surface area contributed by atoms with Crippen molar-refractivity contribution in [1.29, 1.82) is 0 Å². The van der Waals surface area contributed by atoms with Crippen molar-refractivity contribution in [1.82, 2.24) is 0 Å². The molecule has 0 aromatic carbocycles. The van der Waals surface area contributed by atoms with Crippen molar-refractivity contribution in [3.8, 4) is 0 Å². The molecule has 214 valence electrons. The summed E-state index contributed by atoms with van der Waals surface area (Å²) in [5, 5.41) is 0. The molecule has 5 aliphatic carbocycles. The van der Waals surface area contributed by atoms with E-state index in [0.29, 0.717) is 41.6 Å². The second kappa shape index (κ2) is 9.10. The quantitative estimate of drug-likeness (QED) is 0.274. The van der Waals surface area contributed by atoms with E-state index in [0.717, 1.165) is 12.8 Å². The molecule has 0 saturated heterocycles. The molecular formula is C34H54O4. The predicted molar refractivity (Wildman–Crippen MR) is 151 cm³/mol. The lowest BCUT2D eigenvalue weighted by Gasteiger charge is -2.73. The number of allylic oxidation sites excluding steroid dienone is 1. The highest BCUT2D eigenvalue weighted by Gasteiger charge is 2.71. The molecule has 5 saturated carbocycles. The van der Waals surface area contributed by atoms with E-state index in [4.69, 9.17) is 9.47 Å². The number of hydrogen-bond donors (Lipinski definition) is 0. The monoisotopic (exact) mass is 526 g/mol. The minimum atomic E-state index is -0.140. The zero-order valence-corrected chi connectivity index (χ0v) is 25.6. The fourth-order valence-electron chi connectivity index (χ4n) is 12.2. The second-order valence-corrected chi connectivity index (χ2v) is 15.8. The van der Waals surface area contributed by atoms with Gasteiger partial charge in [0.05, 0.1) is 6.61 Å². The third-order valence-corrected chi connectivity index (χ3v) is 14.0. The van der Waals surface area contributed by atoms with Crippen LogP contribution in [0.25, 0.3) is 0 Å². The predicted octanol–water partition coefficient (Wildman–Crippen LogP) is 8.14. The summed E-state index contributed by atoms with van der Waals surface area (Å²) in [5.41, 5.74) is 2.30. The van der Waals surface area contributed by atoms with E-state index in [1.165, 1.54) is 56.9 Å². The highest BCUT2D eigenvalue weighted by atomic mass is 16.5. The van der Waals surface area contributed by atoms with Gasteiger partial charge in [-0.1, -0.05) is 46.8 Å². The Bertz CT molecular complexity index is 998. The summed E-state index contributed by atoms with van der Waals surface area (Å²) < 4.78 is 11.7. The van der Waals surface area contributed by atoms with E-state index >= 15 is 0 Å². The summed E-state index contributed by atoms with van der Waals surface area (Å²) in [5.74, 6) is 2.76. The Balaban J connectivity index is 1.49. The highest BCUT2D eigenvalue weighted by Crippen LogP contribution is 2.77. The molecule has 0 bridgehead atoms. The van der Waals surface area contributed by atoms with Crippen LogP contribution in [0.2, 0.25) is 0 Å². The number of hydrogen-bond acceptors (Lipinski definition) is 4. The van der Waals surface area contributed by atoms with Crippen LogP contribution in [0, 0.1) is 56.7 Å². The molecule has 5 fully saturated rings. The zero-order chi connectivity index (χ0) is 27.9. The van der Waals surface area contributed by atoms with Gasteiger partial charge in [-0.25, -0.2) is 0 Å². The molecule has 10 atom stereocenters. The molecule has 0 aliphatic heterocycles. The van der Waals surface area contributed by atoms with Gasteiger partial charge in [-0.2, -0.15) is 0 Å². The van der Waals surface area contributed by atoms with Gasteiger partial charge in [0.1, 0.15) is 6.10 Å². The summed E-state index contributed by atoms with van der Waals surface area (Å²) in [6, 6.07) is 0. The molecular weight excluding hydrogens is 472 g/mol. The Kier molecular flexibility index (Phi) is 6.76. The van der Waals surface area contributed by atoms with E-state index in [1.807, 2.05) is 0 Å². The summed E-state index contributed by atoms with van der Waals surface area (Å²) >= 11 is 0. The van der Waals surface area contributed by atoms with Crippen molar-refractivity contribution in [3.63, 3.8) is 0 Å². The van der Waals surface area contributed by atoms with Crippen molar-refractivity contribution in [3.05, 3.63) is 12.2 Å². The molecule has 0 N–H and O–H groups in total. The van der Waals surface area contributed by atoms with Crippen molar-refractivity contribution in [2.45, 2.75) is 126 Å². The lowest BCUT2D eigenvalue weighted by Crippen LogP contribution is -2.67. The van der Waals surface area contributed by atoms with Gasteiger partial charge in [-0.05, 0) is 117 Å². The molecule has 5 rings (SSSR count). The maximum atomic E-state index is 11.9. The van der Waals surface area contributed by atoms with Gasteiger partial charge in [0.2, 0.25) is 0 Å². The van der Waals surface area contributed by atoms with Gasteiger partial charge >= 0.3 is 11.9 Å². The molecule has 0 amide bonds. The highest BCUT2D eigenvalue weighted by molar-refractivity contribution is 5.66. The molecule has 38 heavy (non-hydrogen) atoms. The van der Waals surface area contributed by atoms with Gasteiger partial charge in [0, 0.05) is 24.7 Å². The third kappa shape index (κ3) is 3.80. The minimum absolute atomic E-state index is 0.00000109. The molecule has 4 nitrogen and oxygen atoms in total. The maximum Gasteiger partial charge on any atom is 0.302 e. The molecule has 3 unspecified atom stereocenters. The number of carbonyl (C=O) groups is 2. The smallest absolute Gasteiger partial charge is 0.302 e. The lowest BCUT2D eigenvalue weighted by molar-refractivity contribution is -0.252. The first-order valence-electron chi connectivity index (χ1n) is 15.6. The first-order valence-corrected chi connectivity index (χ1v) is 15.6. The maximum absolute atomic E-state index is 11.9. The Morgan fingerprint density at radius 2 is 1.47 bits per heavy atom. The molecule has 0 heterocycles. The summed E-state index contributed by atoms with van der Waals surface area (Å²) in [6.07, 6.45) is 12.0. The summed E-state index contributed by atoms with van der Waals surface area (Å²) in [7, 11) is 0. The van der Waals surface area contributed by atoms with Crippen LogP contribution in [0.15, 0.2) is 12.2 Å². The number of ether oxygens (including phenoxy) is 2. The fraction of sp³-hybridized carbons (Fsp3) is 0.882. The van der Waals surface area contributed by atoms with Crippen LogP contribution in [-0.4, -0.2) is 24.6 Å². The summed E-state index contributed by atoms with van der Waals surface area (Å²) in [4.78, 5) is 23.8.